The second-order valence-corrected chi connectivity index (χ2v) is 5.76. The summed E-state index contributed by atoms with van der Waals surface area (Å²) in [7, 11) is 0. The summed E-state index contributed by atoms with van der Waals surface area (Å²) in [4.78, 5) is 15.3. The van der Waals surface area contributed by atoms with Crippen LogP contribution in [0.25, 0.3) is 0 Å². The minimum atomic E-state index is -0.0187. The highest BCUT2D eigenvalue weighted by molar-refractivity contribution is 7.10. The Morgan fingerprint density at radius 3 is 3.20 bits per heavy atom. The highest BCUT2D eigenvalue weighted by Crippen LogP contribution is 2.19. The van der Waals surface area contributed by atoms with Gasteiger partial charge < -0.3 is 10.4 Å². The van der Waals surface area contributed by atoms with Crippen molar-refractivity contribution in [2.24, 2.45) is 0 Å². The molecule has 1 fully saturated rings. The Labute approximate surface area is 123 Å². The maximum absolute atomic E-state index is 11.8. The van der Waals surface area contributed by atoms with Crippen LogP contribution in [0, 0.1) is 11.8 Å². The van der Waals surface area contributed by atoms with Crippen molar-refractivity contribution >= 4 is 17.2 Å². The van der Waals surface area contributed by atoms with E-state index in [4.69, 9.17) is 5.11 Å². The van der Waals surface area contributed by atoms with Crippen LogP contribution in [-0.2, 0) is 11.3 Å². The molecule has 1 unspecified atom stereocenters. The van der Waals surface area contributed by atoms with Gasteiger partial charge in [-0.1, -0.05) is 18.8 Å². The molecule has 0 saturated carbocycles. The molecule has 1 aromatic heterocycles. The van der Waals surface area contributed by atoms with Crippen LogP contribution in [0.4, 0.5) is 0 Å². The molecule has 0 radical (unpaired) electrons. The number of rotatable bonds is 4. The summed E-state index contributed by atoms with van der Waals surface area (Å²) in [5.41, 5.74) is 0.993. The fourth-order valence-electron chi connectivity index (χ4n) is 2.34. The van der Waals surface area contributed by atoms with Gasteiger partial charge in [0.15, 0.2) is 0 Å². The molecule has 1 aromatic rings. The summed E-state index contributed by atoms with van der Waals surface area (Å²) in [6.07, 6.45) is 1.34. The third-order valence-electron chi connectivity index (χ3n) is 3.31. The van der Waals surface area contributed by atoms with Crippen LogP contribution in [0.1, 0.15) is 30.2 Å². The minimum absolute atomic E-state index is 0.0187. The Morgan fingerprint density at radius 1 is 1.60 bits per heavy atom. The number of amides is 1. The first kappa shape index (κ1) is 15.0. The summed E-state index contributed by atoms with van der Waals surface area (Å²) in [6, 6.07) is 2.06. The molecule has 108 valence electrons. The van der Waals surface area contributed by atoms with Crippen molar-refractivity contribution in [3.63, 3.8) is 0 Å². The first-order chi connectivity index (χ1) is 9.74. The molecule has 2 N–H and O–H groups in total. The molecule has 0 aromatic carbocycles. The molecule has 2 rings (SSSR count). The second-order valence-electron chi connectivity index (χ2n) is 4.76. The van der Waals surface area contributed by atoms with Gasteiger partial charge in [-0.2, -0.15) is 0 Å². The summed E-state index contributed by atoms with van der Waals surface area (Å²) in [5, 5.41) is 13.7. The first-order valence-corrected chi connectivity index (χ1v) is 7.81. The predicted molar refractivity (Wildman–Crippen MR) is 80.4 cm³/mol. The molecule has 0 spiro atoms. The van der Waals surface area contributed by atoms with Gasteiger partial charge in [-0.05, 0) is 12.5 Å². The molecule has 1 aliphatic rings. The van der Waals surface area contributed by atoms with E-state index in [9.17, 15) is 4.79 Å². The SMILES string of the molecule is CCC1C(=O)NCCN1Cc1cc(C#CCCO)cs1. The summed E-state index contributed by atoms with van der Waals surface area (Å²) >= 11 is 1.68. The molecule has 1 atom stereocenters. The van der Waals surface area contributed by atoms with Crippen LogP contribution in [0.3, 0.4) is 0 Å². The molecule has 2 heterocycles. The van der Waals surface area contributed by atoms with Gasteiger partial charge in [-0.3, -0.25) is 9.69 Å². The van der Waals surface area contributed by atoms with Crippen LogP contribution in [0.2, 0.25) is 0 Å². The lowest BCUT2D eigenvalue weighted by Crippen LogP contribution is -2.54. The fourth-order valence-corrected chi connectivity index (χ4v) is 3.19. The fraction of sp³-hybridized carbons (Fsp3) is 0.533. The van der Waals surface area contributed by atoms with Gasteiger partial charge >= 0.3 is 0 Å². The molecule has 1 amide bonds. The highest BCUT2D eigenvalue weighted by atomic mass is 32.1. The van der Waals surface area contributed by atoms with Gasteiger partial charge in [0.25, 0.3) is 0 Å². The quantitative estimate of drug-likeness (QED) is 0.820. The van der Waals surface area contributed by atoms with E-state index in [-0.39, 0.29) is 18.6 Å². The van der Waals surface area contributed by atoms with Crippen molar-refractivity contribution in [2.45, 2.75) is 32.4 Å². The maximum Gasteiger partial charge on any atom is 0.237 e. The van der Waals surface area contributed by atoms with E-state index in [0.29, 0.717) is 6.42 Å². The average Bonchev–Trinajstić information content (AvgIpc) is 2.87. The topological polar surface area (TPSA) is 52.6 Å². The number of hydrogen-bond acceptors (Lipinski definition) is 4. The Kier molecular flexibility index (Phi) is 5.60. The van der Waals surface area contributed by atoms with Gasteiger partial charge in [-0.25, -0.2) is 0 Å². The number of carbonyl (C=O) groups excluding carboxylic acids is 1. The van der Waals surface area contributed by atoms with Gasteiger partial charge in [0, 0.05) is 41.9 Å². The van der Waals surface area contributed by atoms with Crippen molar-refractivity contribution in [3.05, 3.63) is 21.9 Å². The third-order valence-corrected chi connectivity index (χ3v) is 4.23. The smallest absolute Gasteiger partial charge is 0.237 e. The van der Waals surface area contributed by atoms with Crippen molar-refractivity contribution in [2.75, 3.05) is 19.7 Å². The van der Waals surface area contributed by atoms with E-state index >= 15 is 0 Å². The van der Waals surface area contributed by atoms with Gasteiger partial charge in [0.2, 0.25) is 5.91 Å². The van der Waals surface area contributed by atoms with E-state index in [1.54, 1.807) is 11.3 Å². The molecule has 4 nitrogen and oxygen atoms in total. The highest BCUT2D eigenvalue weighted by Gasteiger charge is 2.27. The van der Waals surface area contributed by atoms with Crippen LogP contribution < -0.4 is 5.32 Å². The zero-order valence-electron chi connectivity index (χ0n) is 11.7. The number of carbonyl (C=O) groups is 1. The zero-order chi connectivity index (χ0) is 14.4. The van der Waals surface area contributed by atoms with E-state index in [1.165, 1.54) is 4.88 Å². The largest absolute Gasteiger partial charge is 0.395 e. The molecule has 1 saturated heterocycles. The monoisotopic (exact) mass is 292 g/mol. The molecular formula is C15H20N2O2S. The average molecular weight is 292 g/mol. The Morgan fingerprint density at radius 2 is 2.45 bits per heavy atom. The molecule has 1 aliphatic heterocycles. The lowest BCUT2D eigenvalue weighted by atomic mass is 10.1. The standard InChI is InChI=1S/C15H20N2O2S/c1-2-14-15(19)16-6-7-17(14)10-13-9-12(11-20-13)5-3-4-8-18/h9,11,14,18H,2,4,6-8,10H2,1H3,(H,16,19). The molecule has 5 heteroatoms. The lowest BCUT2D eigenvalue weighted by Gasteiger charge is -2.34. The van der Waals surface area contributed by atoms with Gasteiger partial charge in [-0.15, -0.1) is 11.3 Å². The number of thiophene rings is 1. The Hall–Kier alpha value is -1.35. The first-order valence-electron chi connectivity index (χ1n) is 6.93. The second kappa shape index (κ2) is 7.44. The van der Waals surface area contributed by atoms with E-state index in [2.05, 4.69) is 28.1 Å². The molecule has 0 aliphatic carbocycles. The Balaban J connectivity index is 1.99. The van der Waals surface area contributed by atoms with Crippen molar-refractivity contribution < 1.29 is 9.90 Å². The summed E-state index contributed by atoms with van der Waals surface area (Å²) in [6.45, 7) is 4.57. The number of nitrogens with zero attached hydrogens (tertiary/aromatic N) is 1. The molecular weight excluding hydrogens is 272 g/mol. The van der Waals surface area contributed by atoms with Crippen molar-refractivity contribution in [1.29, 1.82) is 0 Å². The Bertz CT molecular complexity index is 515. The number of piperazine rings is 1. The normalized spacial score (nSPS) is 19.3. The van der Waals surface area contributed by atoms with E-state index < -0.39 is 0 Å². The zero-order valence-corrected chi connectivity index (χ0v) is 12.5. The van der Waals surface area contributed by atoms with Crippen molar-refractivity contribution in [3.8, 4) is 11.8 Å². The molecule has 20 heavy (non-hydrogen) atoms. The van der Waals surface area contributed by atoms with Crippen LogP contribution >= 0.6 is 11.3 Å². The van der Waals surface area contributed by atoms with Gasteiger partial charge in [0.05, 0.1) is 12.6 Å². The van der Waals surface area contributed by atoms with Gasteiger partial charge in [0.1, 0.15) is 0 Å². The number of aliphatic hydroxyl groups excluding tert-OH is 1. The van der Waals surface area contributed by atoms with Crippen LogP contribution in [0.5, 0.6) is 0 Å². The van der Waals surface area contributed by atoms with Crippen LogP contribution in [-0.4, -0.2) is 41.7 Å². The van der Waals surface area contributed by atoms with Crippen LogP contribution in [0.15, 0.2) is 11.4 Å². The molecule has 0 bridgehead atoms. The van der Waals surface area contributed by atoms with E-state index in [1.807, 2.05) is 12.3 Å². The minimum Gasteiger partial charge on any atom is -0.395 e. The lowest BCUT2D eigenvalue weighted by molar-refractivity contribution is -0.129. The van der Waals surface area contributed by atoms with E-state index in [0.717, 1.165) is 31.6 Å². The predicted octanol–water partition coefficient (Wildman–Crippen LogP) is 1.19. The number of hydrogen-bond donors (Lipinski definition) is 2. The van der Waals surface area contributed by atoms with Crippen molar-refractivity contribution in [1.82, 2.24) is 10.2 Å². The third kappa shape index (κ3) is 3.83. The maximum atomic E-state index is 11.8. The number of aliphatic hydroxyl groups is 1. The summed E-state index contributed by atoms with van der Waals surface area (Å²) in [5.74, 6) is 6.10. The summed E-state index contributed by atoms with van der Waals surface area (Å²) < 4.78 is 0. The number of nitrogens with one attached hydrogen (secondary N) is 1.